The average Bonchev–Trinajstić information content (AvgIpc) is 2.63. The first-order chi connectivity index (χ1) is 12.6. The van der Waals surface area contributed by atoms with Crippen molar-refractivity contribution in [2.24, 2.45) is 17.8 Å². The molecule has 144 valence electrons. The molecule has 0 spiro atoms. The standard InChI is InChI=1S/C22H30F2O2/c1-2-4-15-7-9-16(10-8-15)17-11-13-18(14-12-17)26-22(25)21-19(23)5-3-6-20(21)24/h3,5-6,15-18H,2,4,7-14H2,1H3/t15-,16-,17-,18-. The van der Waals surface area contributed by atoms with Gasteiger partial charge in [0, 0.05) is 0 Å². The number of carbonyl (C=O) groups is 1. The van der Waals surface area contributed by atoms with E-state index in [4.69, 9.17) is 4.74 Å². The van der Waals surface area contributed by atoms with Crippen LogP contribution in [0.4, 0.5) is 8.78 Å². The van der Waals surface area contributed by atoms with E-state index in [2.05, 4.69) is 6.92 Å². The predicted octanol–water partition coefficient (Wildman–Crippen LogP) is 6.29. The Labute approximate surface area is 155 Å². The van der Waals surface area contributed by atoms with E-state index in [1.807, 2.05) is 0 Å². The Bertz CT molecular complexity index is 580. The maximum Gasteiger partial charge on any atom is 0.344 e. The van der Waals surface area contributed by atoms with Crippen LogP contribution in [0, 0.1) is 29.4 Å². The highest BCUT2D eigenvalue weighted by molar-refractivity contribution is 5.90. The summed E-state index contributed by atoms with van der Waals surface area (Å²) in [7, 11) is 0. The summed E-state index contributed by atoms with van der Waals surface area (Å²) >= 11 is 0. The zero-order valence-electron chi connectivity index (χ0n) is 15.7. The second kappa shape index (κ2) is 8.96. The topological polar surface area (TPSA) is 26.3 Å². The summed E-state index contributed by atoms with van der Waals surface area (Å²) in [6, 6.07) is 3.43. The van der Waals surface area contributed by atoms with E-state index in [-0.39, 0.29) is 6.10 Å². The molecule has 2 fully saturated rings. The van der Waals surface area contributed by atoms with E-state index in [1.54, 1.807) is 0 Å². The lowest BCUT2D eigenvalue weighted by Gasteiger charge is -2.37. The molecule has 0 saturated heterocycles. The Balaban J connectivity index is 1.46. The van der Waals surface area contributed by atoms with Crippen LogP contribution >= 0.6 is 0 Å². The van der Waals surface area contributed by atoms with Crippen molar-refractivity contribution < 1.29 is 18.3 Å². The molecule has 0 amide bonds. The Hall–Kier alpha value is -1.45. The molecule has 2 saturated carbocycles. The van der Waals surface area contributed by atoms with Gasteiger partial charge in [0.25, 0.3) is 0 Å². The average molecular weight is 364 g/mol. The first-order valence-corrected chi connectivity index (χ1v) is 10.2. The van der Waals surface area contributed by atoms with Gasteiger partial charge >= 0.3 is 5.97 Å². The second-order valence-corrected chi connectivity index (χ2v) is 8.11. The van der Waals surface area contributed by atoms with Crippen LogP contribution in [0.2, 0.25) is 0 Å². The SMILES string of the molecule is CCC[C@H]1CC[C@H]([C@H]2CC[C@H](OC(=O)c3c(F)cccc3F)CC2)CC1. The molecule has 2 aliphatic rings. The third-order valence-electron chi connectivity index (χ3n) is 6.41. The molecule has 2 nitrogen and oxygen atoms in total. The van der Waals surface area contributed by atoms with Crippen molar-refractivity contribution in [3.63, 3.8) is 0 Å². The molecule has 0 heterocycles. The summed E-state index contributed by atoms with van der Waals surface area (Å²) < 4.78 is 32.8. The predicted molar refractivity (Wildman–Crippen MR) is 97.9 cm³/mol. The maximum absolute atomic E-state index is 13.7. The van der Waals surface area contributed by atoms with Crippen LogP contribution in [0.1, 0.15) is 81.5 Å². The maximum atomic E-state index is 13.7. The number of hydrogen-bond donors (Lipinski definition) is 0. The third-order valence-corrected chi connectivity index (χ3v) is 6.41. The third kappa shape index (κ3) is 4.63. The molecule has 0 radical (unpaired) electrons. The van der Waals surface area contributed by atoms with Crippen LogP contribution < -0.4 is 0 Å². The van der Waals surface area contributed by atoms with E-state index in [0.29, 0.717) is 0 Å². The van der Waals surface area contributed by atoms with Crippen molar-refractivity contribution in [1.29, 1.82) is 0 Å². The van der Waals surface area contributed by atoms with Gasteiger partial charge in [-0.1, -0.05) is 38.7 Å². The normalized spacial score (nSPS) is 29.3. The molecule has 2 aliphatic carbocycles. The van der Waals surface area contributed by atoms with Gasteiger partial charge in [-0.3, -0.25) is 0 Å². The van der Waals surface area contributed by atoms with Crippen LogP contribution in [-0.4, -0.2) is 12.1 Å². The van der Waals surface area contributed by atoms with Gasteiger partial charge in [0.15, 0.2) is 0 Å². The lowest BCUT2D eigenvalue weighted by atomic mass is 9.70. The van der Waals surface area contributed by atoms with Crippen LogP contribution in [0.5, 0.6) is 0 Å². The summed E-state index contributed by atoms with van der Waals surface area (Å²) in [5.74, 6) is -0.130. The summed E-state index contributed by atoms with van der Waals surface area (Å²) in [6.07, 6.45) is 11.6. The number of rotatable bonds is 5. The van der Waals surface area contributed by atoms with E-state index in [0.717, 1.165) is 55.6 Å². The minimum absolute atomic E-state index is 0.214. The number of benzene rings is 1. The van der Waals surface area contributed by atoms with Crippen molar-refractivity contribution in [1.82, 2.24) is 0 Å². The lowest BCUT2D eigenvalue weighted by molar-refractivity contribution is 0.0100. The summed E-state index contributed by atoms with van der Waals surface area (Å²) in [4.78, 5) is 12.1. The van der Waals surface area contributed by atoms with Gasteiger partial charge < -0.3 is 4.74 Å². The zero-order valence-corrected chi connectivity index (χ0v) is 15.7. The smallest absolute Gasteiger partial charge is 0.344 e. The largest absolute Gasteiger partial charge is 0.459 e. The molecule has 3 rings (SSSR count). The number of esters is 1. The first-order valence-electron chi connectivity index (χ1n) is 10.2. The van der Waals surface area contributed by atoms with Crippen molar-refractivity contribution in [2.75, 3.05) is 0 Å². The molecule has 0 aliphatic heterocycles. The molecule has 0 bridgehead atoms. The molecule has 26 heavy (non-hydrogen) atoms. The Morgan fingerprint density at radius 1 is 0.962 bits per heavy atom. The van der Waals surface area contributed by atoms with Crippen LogP contribution in [-0.2, 0) is 4.74 Å². The van der Waals surface area contributed by atoms with E-state index in [1.165, 1.54) is 44.6 Å². The minimum atomic E-state index is -0.871. The highest BCUT2D eigenvalue weighted by Gasteiger charge is 2.32. The van der Waals surface area contributed by atoms with Crippen LogP contribution in [0.3, 0.4) is 0 Å². The molecule has 1 aromatic rings. The van der Waals surface area contributed by atoms with E-state index in [9.17, 15) is 13.6 Å². The van der Waals surface area contributed by atoms with Gasteiger partial charge in [0.1, 0.15) is 23.3 Å². The number of ether oxygens (including phenoxy) is 1. The molecular weight excluding hydrogens is 334 g/mol. The van der Waals surface area contributed by atoms with Gasteiger partial charge in [-0.05, 0) is 68.4 Å². The Kier molecular flexibility index (Phi) is 6.66. The zero-order chi connectivity index (χ0) is 18.5. The van der Waals surface area contributed by atoms with Crippen molar-refractivity contribution in [2.45, 2.75) is 77.2 Å². The quantitative estimate of drug-likeness (QED) is 0.574. The molecule has 0 N–H and O–H groups in total. The molecule has 0 unspecified atom stereocenters. The van der Waals surface area contributed by atoms with Gasteiger partial charge in [-0.2, -0.15) is 0 Å². The monoisotopic (exact) mass is 364 g/mol. The van der Waals surface area contributed by atoms with Gasteiger partial charge in [-0.15, -0.1) is 0 Å². The Morgan fingerprint density at radius 2 is 1.50 bits per heavy atom. The number of hydrogen-bond acceptors (Lipinski definition) is 2. The van der Waals surface area contributed by atoms with Crippen LogP contribution in [0.25, 0.3) is 0 Å². The van der Waals surface area contributed by atoms with Crippen molar-refractivity contribution >= 4 is 5.97 Å². The fraction of sp³-hybridized carbons (Fsp3) is 0.682. The second-order valence-electron chi connectivity index (χ2n) is 8.11. The molecule has 0 aromatic heterocycles. The highest BCUT2D eigenvalue weighted by Crippen LogP contribution is 2.41. The number of halogens is 2. The van der Waals surface area contributed by atoms with Gasteiger partial charge in [0.05, 0.1) is 0 Å². The van der Waals surface area contributed by atoms with Gasteiger partial charge in [-0.25, -0.2) is 13.6 Å². The van der Waals surface area contributed by atoms with Crippen molar-refractivity contribution in [3.8, 4) is 0 Å². The lowest BCUT2D eigenvalue weighted by Crippen LogP contribution is -2.30. The van der Waals surface area contributed by atoms with Crippen molar-refractivity contribution in [3.05, 3.63) is 35.4 Å². The molecule has 1 aromatic carbocycles. The minimum Gasteiger partial charge on any atom is -0.459 e. The van der Waals surface area contributed by atoms with E-state index >= 15 is 0 Å². The fourth-order valence-corrected chi connectivity index (χ4v) is 4.94. The first kappa shape index (κ1) is 19.3. The van der Waals surface area contributed by atoms with Gasteiger partial charge in [0.2, 0.25) is 0 Å². The molecule has 0 atom stereocenters. The highest BCUT2D eigenvalue weighted by atomic mass is 19.1. The summed E-state index contributed by atoms with van der Waals surface area (Å²) in [5, 5.41) is 0. The fourth-order valence-electron chi connectivity index (χ4n) is 4.94. The summed E-state index contributed by atoms with van der Waals surface area (Å²) in [6.45, 7) is 2.27. The molecule has 4 heteroatoms. The van der Waals surface area contributed by atoms with Crippen LogP contribution in [0.15, 0.2) is 18.2 Å². The summed E-state index contributed by atoms with van der Waals surface area (Å²) in [5.41, 5.74) is -0.566. The number of carbonyl (C=O) groups excluding carboxylic acids is 1. The van der Waals surface area contributed by atoms with E-state index < -0.39 is 23.2 Å². The Morgan fingerprint density at radius 3 is 2.04 bits per heavy atom. The molecular formula is C22H30F2O2.